The van der Waals surface area contributed by atoms with Gasteiger partial charge in [-0.2, -0.15) is 0 Å². The molecule has 0 bridgehead atoms. The van der Waals surface area contributed by atoms with Crippen LogP contribution in [0.2, 0.25) is 0 Å². The molecule has 4 rings (SSSR count). The summed E-state index contributed by atoms with van der Waals surface area (Å²) in [5, 5.41) is 3.97. The van der Waals surface area contributed by atoms with Crippen LogP contribution in [0.5, 0.6) is 5.75 Å². The molecule has 28 heavy (non-hydrogen) atoms. The van der Waals surface area contributed by atoms with Crippen molar-refractivity contribution in [3.05, 3.63) is 54.7 Å². The Morgan fingerprint density at radius 3 is 2.61 bits per heavy atom. The smallest absolute Gasteiger partial charge is 0.189 e. The maximum atomic E-state index is 5.46. The van der Waals surface area contributed by atoms with Gasteiger partial charge in [0.1, 0.15) is 5.75 Å². The summed E-state index contributed by atoms with van der Waals surface area (Å²) in [6.45, 7) is 6.07. The maximum absolute atomic E-state index is 5.46. The summed E-state index contributed by atoms with van der Waals surface area (Å²) in [5.74, 6) is 1.50. The van der Waals surface area contributed by atoms with Gasteiger partial charge in [0.25, 0.3) is 0 Å². The van der Waals surface area contributed by atoms with Crippen molar-refractivity contribution in [1.82, 2.24) is 19.9 Å². The highest BCUT2D eigenvalue weighted by Gasteiger charge is 2.09. The Morgan fingerprint density at radius 2 is 1.89 bits per heavy atom. The molecule has 0 amide bonds. The number of fused-ring (bicyclic) bond motifs is 1. The number of thiazole rings is 1. The molecule has 0 saturated carbocycles. The van der Waals surface area contributed by atoms with Gasteiger partial charge in [-0.25, -0.2) is 9.97 Å². The quantitative estimate of drug-likeness (QED) is 0.483. The van der Waals surface area contributed by atoms with Crippen LogP contribution in [-0.4, -0.2) is 27.0 Å². The number of rotatable bonds is 5. The highest BCUT2D eigenvalue weighted by atomic mass is 32.1. The monoisotopic (exact) mass is 393 g/mol. The molecule has 144 valence electrons. The zero-order valence-electron chi connectivity index (χ0n) is 16.4. The summed E-state index contributed by atoms with van der Waals surface area (Å²) in [4.78, 5) is 17.4. The lowest BCUT2D eigenvalue weighted by Crippen LogP contribution is -1.94. The number of aryl methyl sites for hydroxylation is 1. The van der Waals surface area contributed by atoms with Gasteiger partial charge >= 0.3 is 0 Å². The normalized spacial score (nSPS) is 10.3. The second-order valence-corrected chi connectivity index (χ2v) is 6.67. The van der Waals surface area contributed by atoms with Crippen molar-refractivity contribution in [2.45, 2.75) is 27.2 Å². The Labute approximate surface area is 168 Å². The number of nitrogens with zero attached hydrogens (tertiary/aromatic N) is 4. The minimum atomic E-state index is 0.677. The topological polar surface area (TPSA) is 72.8 Å². The minimum Gasteiger partial charge on any atom is -0.495 e. The van der Waals surface area contributed by atoms with E-state index >= 15 is 0 Å². The van der Waals surface area contributed by atoms with Gasteiger partial charge in [0.2, 0.25) is 0 Å². The molecule has 3 heterocycles. The fraction of sp³-hybridized carbons (Fsp3) is 0.238. The molecule has 7 heteroatoms. The number of hydrogen-bond donors (Lipinski definition) is 1. The Hall–Kier alpha value is -3.06. The number of anilines is 2. The lowest BCUT2D eigenvalue weighted by molar-refractivity contribution is 0.407. The maximum Gasteiger partial charge on any atom is 0.189 e. The molecule has 6 nitrogen and oxygen atoms in total. The van der Waals surface area contributed by atoms with Crippen molar-refractivity contribution in [1.29, 1.82) is 0 Å². The molecule has 0 radical (unpaired) electrons. The third-order valence-corrected chi connectivity index (χ3v) is 4.94. The van der Waals surface area contributed by atoms with E-state index in [1.54, 1.807) is 37.0 Å². The van der Waals surface area contributed by atoms with Gasteiger partial charge in [-0.05, 0) is 30.2 Å². The van der Waals surface area contributed by atoms with E-state index in [0.717, 1.165) is 44.3 Å². The lowest BCUT2D eigenvalue weighted by atomic mass is 10.1. The van der Waals surface area contributed by atoms with Crippen LogP contribution in [-0.2, 0) is 6.42 Å². The molecular formula is C21H23N5OS. The molecule has 0 aliphatic rings. The van der Waals surface area contributed by atoms with Crippen LogP contribution in [0.4, 0.5) is 10.9 Å². The summed E-state index contributed by atoms with van der Waals surface area (Å²) in [6, 6.07) is 8.23. The molecule has 0 fully saturated rings. The molecular weight excluding hydrogens is 370 g/mol. The molecule has 0 atom stereocenters. The van der Waals surface area contributed by atoms with Crippen molar-refractivity contribution in [2.24, 2.45) is 0 Å². The van der Waals surface area contributed by atoms with Crippen LogP contribution >= 0.6 is 11.3 Å². The van der Waals surface area contributed by atoms with Crippen LogP contribution < -0.4 is 10.1 Å². The van der Waals surface area contributed by atoms with E-state index in [2.05, 4.69) is 44.3 Å². The Kier molecular flexibility index (Phi) is 6.49. The Balaban J connectivity index is 0.00000109. The van der Waals surface area contributed by atoms with Crippen molar-refractivity contribution < 1.29 is 4.74 Å². The van der Waals surface area contributed by atoms with Crippen LogP contribution in [0.15, 0.2) is 49.1 Å². The van der Waals surface area contributed by atoms with Crippen LogP contribution in [0.1, 0.15) is 26.5 Å². The molecule has 0 unspecified atom stereocenters. The molecule has 0 saturated heterocycles. The fourth-order valence-electron chi connectivity index (χ4n) is 2.70. The van der Waals surface area contributed by atoms with Crippen molar-refractivity contribution in [3.63, 3.8) is 0 Å². The predicted molar refractivity (Wildman–Crippen MR) is 115 cm³/mol. The first-order valence-electron chi connectivity index (χ1n) is 9.23. The number of nitrogens with one attached hydrogen (secondary N) is 1. The third kappa shape index (κ3) is 4.26. The van der Waals surface area contributed by atoms with E-state index in [1.807, 2.05) is 32.2 Å². The van der Waals surface area contributed by atoms with E-state index in [0.29, 0.717) is 5.82 Å². The van der Waals surface area contributed by atoms with Gasteiger partial charge in [-0.3, -0.25) is 9.97 Å². The highest BCUT2D eigenvalue weighted by molar-refractivity contribution is 7.22. The van der Waals surface area contributed by atoms with Crippen molar-refractivity contribution >= 4 is 32.5 Å². The van der Waals surface area contributed by atoms with Gasteiger partial charge in [0, 0.05) is 24.2 Å². The SMILES string of the molecule is CC.CCc1ncc(-c2ccc3nc(Nc4cnccn4)sc3c2)cc1OC. The number of methoxy groups -OCH3 is 1. The van der Waals surface area contributed by atoms with Crippen molar-refractivity contribution in [3.8, 4) is 16.9 Å². The first kappa shape index (κ1) is 19.7. The molecule has 1 N–H and O–H groups in total. The zero-order chi connectivity index (χ0) is 19.9. The second kappa shape index (κ2) is 9.23. The zero-order valence-corrected chi connectivity index (χ0v) is 17.2. The van der Waals surface area contributed by atoms with Gasteiger partial charge in [0.15, 0.2) is 10.9 Å². The van der Waals surface area contributed by atoms with Gasteiger partial charge in [-0.1, -0.05) is 38.2 Å². The fourth-order valence-corrected chi connectivity index (χ4v) is 3.62. The van der Waals surface area contributed by atoms with E-state index in [1.165, 1.54) is 0 Å². The molecule has 4 aromatic rings. The second-order valence-electron chi connectivity index (χ2n) is 5.64. The first-order chi connectivity index (χ1) is 13.8. The van der Waals surface area contributed by atoms with Crippen LogP contribution in [0.3, 0.4) is 0 Å². The molecule has 0 aliphatic carbocycles. The van der Waals surface area contributed by atoms with Crippen LogP contribution in [0.25, 0.3) is 21.3 Å². The number of benzene rings is 1. The average molecular weight is 394 g/mol. The summed E-state index contributed by atoms with van der Waals surface area (Å²) >= 11 is 1.58. The first-order valence-corrected chi connectivity index (χ1v) is 10.1. The largest absolute Gasteiger partial charge is 0.495 e. The van der Waals surface area contributed by atoms with Gasteiger partial charge < -0.3 is 10.1 Å². The lowest BCUT2D eigenvalue weighted by Gasteiger charge is -2.08. The molecule has 3 aromatic heterocycles. The van der Waals surface area contributed by atoms with Crippen molar-refractivity contribution in [2.75, 3.05) is 12.4 Å². The van der Waals surface area contributed by atoms with E-state index in [4.69, 9.17) is 4.74 Å². The number of hydrogen-bond acceptors (Lipinski definition) is 7. The van der Waals surface area contributed by atoms with E-state index in [-0.39, 0.29) is 0 Å². The van der Waals surface area contributed by atoms with Gasteiger partial charge in [0.05, 0.1) is 29.2 Å². The van der Waals surface area contributed by atoms with Gasteiger partial charge in [-0.15, -0.1) is 0 Å². The summed E-state index contributed by atoms with van der Waals surface area (Å²) in [5.41, 5.74) is 4.01. The third-order valence-electron chi connectivity index (χ3n) is 4.01. The van der Waals surface area contributed by atoms with Crippen LogP contribution in [0, 0.1) is 0 Å². The standard InChI is InChI=1S/C19H17N5OS.C2H6/c1-3-14-16(25-2)8-13(10-22-14)12-4-5-15-17(9-12)26-19(23-15)24-18-11-20-6-7-21-18;1-2/h4-11H,3H2,1-2H3,(H,21,23,24);1-2H3. The molecule has 0 spiro atoms. The van der Waals surface area contributed by atoms with E-state index in [9.17, 15) is 0 Å². The number of aromatic nitrogens is 4. The highest BCUT2D eigenvalue weighted by Crippen LogP contribution is 2.32. The Bertz CT molecular complexity index is 1050. The number of ether oxygens (including phenoxy) is 1. The Morgan fingerprint density at radius 1 is 1.04 bits per heavy atom. The van der Waals surface area contributed by atoms with E-state index < -0.39 is 0 Å². The summed E-state index contributed by atoms with van der Waals surface area (Å²) in [6.07, 6.45) is 7.69. The summed E-state index contributed by atoms with van der Waals surface area (Å²) in [7, 11) is 1.68. The summed E-state index contributed by atoms with van der Waals surface area (Å²) < 4.78 is 6.55. The predicted octanol–water partition coefficient (Wildman–Crippen LogP) is 5.49. The average Bonchev–Trinajstić information content (AvgIpc) is 3.16. The molecule has 0 aliphatic heterocycles. The number of pyridine rings is 1. The minimum absolute atomic E-state index is 0.677. The molecule has 1 aromatic carbocycles.